The summed E-state index contributed by atoms with van der Waals surface area (Å²) in [6.07, 6.45) is 6.76. The highest BCUT2D eigenvalue weighted by Crippen LogP contribution is 2.26. The van der Waals surface area contributed by atoms with E-state index in [1.807, 2.05) is 31.2 Å². The van der Waals surface area contributed by atoms with E-state index in [0.717, 1.165) is 36.8 Å². The van der Waals surface area contributed by atoms with Crippen LogP contribution in [0.4, 0.5) is 0 Å². The Bertz CT molecular complexity index is 487. The third kappa shape index (κ3) is 5.43. The van der Waals surface area contributed by atoms with E-state index in [-0.39, 0.29) is 6.04 Å². The predicted octanol–water partition coefficient (Wildman–Crippen LogP) is 3.27. The molecule has 100 valence electrons. The molecule has 0 fully saturated rings. The van der Waals surface area contributed by atoms with Gasteiger partial charge in [-0.25, -0.2) is 14.6 Å². The number of hydrogen-bond donors (Lipinski definition) is 0. The SMILES string of the molecule is Cc1ccccc1C(CCCCCN=C=O)N=C=O. The minimum absolute atomic E-state index is 0.117. The maximum Gasteiger partial charge on any atom is 0.235 e. The molecule has 1 rings (SSSR count). The fraction of sp³-hybridized carbons (Fsp3) is 0.467. The molecule has 0 spiro atoms. The van der Waals surface area contributed by atoms with E-state index in [1.165, 1.54) is 6.08 Å². The van der Waals surface area contributed by atoms with E-state index >= 15 is 0 Å². The largest absolute Gasteiger partial charge is 0.235 e. The fourth-order valence-electron chi connectivity index (χ4n) is 2.06. The molecular weight excluding hydrogens is 240 g/mol. The monoisotopic (exact) mass is 258 g/mol. The molecule has 0 aliphatic rings. The molecule has 0 amide bonds. The average molecular weight is 258 g/mol. The van der Waals surface area contributed by atoms with Gasteiger partial charge in [-0.05, 0) is 30.9 Å². The zero-order chi connectivity index (χ0) is 13.9. The van der Waals surface area contributed by atoms with Crippen molar-refractivity contribution >= 4 is 12.2 Å². The summed E-state index contributed by atoms with van der Waals surface area (Å²) in [6.45, 7) is 2.54. The molecule has 0 aromatic heterocycles. The molecule has 0 aliphatic heterocycles. The van der Waals surface area contributed by atoms with Gasteiger partial charge in [0.1, 0.15) is 0 Å². The third-order valence-electron chi connectivity index (χ3n) is 3.07. The van der Waals surface area contributed by atoms with E-state index in [4.69, 9.17) is 0 Å². The summed E-state index contributed by atoms with van der Waals surface area (Å²) < 4.78 is 0. The van der Waals surface area contributed by atoms with Crippen molar-refractivity contribution in [3.05, 3.63) is 35.4 Å². The van der Waals surface area contributed by atoms with Gasteiger partial charge in [-0.2, -0.15) is 4.99 Å². The summed E-state index contributed by atoms with van der Waals surface area (Å²) in [7, 11) is 0. The van der Waals surface area contributed by atoms with Gasteiger partial charge in [0, 0.05) is 0 Å². The summed E-state index contributed by atoms with van der Waals surface area (Å²) in [5.41, 5.74) is 2.22. The summed E-state index contributed by atoms with van der Waals surface area (Å²) in [6, 6.07) is 7.82. The average Bonchev–Trinajstić information content (AvgIpc) is 2.42. The van der Waals surface area contributed by atoms with Crippen LogP contribution >= 0.6 is 0 Å². The van der Waals surface area contributed by atoms with E-state index in [2.05, 4.69) is 9.98 Å². The van der Waals surface area contributed by atoms with Gasteiger partial charge >= 0.3 is 0 Å². The third-order valence-corrected chi connectivity index (χ3v) is 3.07. The lowest BCUT2D eigenvalue weighted by Gasteiger charge is -2.13. The van der Waals surface area contributed by atoms with Crippen LogP contribution in [0.2, 0.25) is 0 Å². The second-order valence-electron chi connectivity index (χ2n) is 4.42. The molecule has 0 heterocycles. The molecule has 0 aliphatic carbocycles. The maximum absolute atomic E-state index is 10.5. The normalized spacial score (nSPS) is 11.2. The Balaban J connectivity index is 2.52. The molecular formula is C15H18N2O2. The van der Waals surface area contributed by atoms with Gasteiger partial charge in [-0.15, -0.1) is 0 Å². The Hall–Kier alpha value is -2.02. The molecule has 0 bridgehead atoms. The zero-order valence-corrected chi connectivity index (χ0v) is 11.1. The number of aryl methyl sites for hydroxylation is 1. The quantitative estimate of drug-likeness (QED) is 0.408. The zero-order valence-electron chi connectivity index (χ0n) is 11.1. The Morgan fingerprint density at radius 1 is 1.11 bits per heavy atom. The summed E-state index contributed by atoms with van der Waals surface area (Å²) in [5, 5.41) is 0. The summed E-state index contributed by atoms with van der Waals surface area (Å²) in [4.78, 5) is 27.8. The van der Waals surface area contributed by atoms with E-state index in [1.54, 1.807) is 6.08 Å². The van der Waals surface area contributed by atoms with Crippen molar-refractivity contribution in [3.63, 3.8) is 0 Å². The minimum Gasteiger partial charge on any atom is -0.211 e. The minimum atomic E-state index is -0.117. The lowest BCUT2D eigenvalue weighted by molar-refractivity contribution is 0.539. The Labute approximate surface area is 113 Å². The Morgan fingerprint density at radius 2 is 1.89 bits per heavy atom. The van der Waals surface area contributed by atoms with Crippen molar-refractivity contribution < 1.29 is 9.59 Å². The first-order valence-corrected chi connectivity index (χ1v) is 6.45. The van der Waals surface area contributed by atoms with Gasteiger partial charge in [0.2, 0.25) is 12.2 Å². The van der Waals surface area contributed by atoms with E-state index < -0.39 is 0 Å². The van der Waals surface area contributed by atoms with Gasteiger partial charge in [-0.1, -0.05) is 37.1 Å². The Kier molecular flexibility index (Phi) is 7.11. The first-order valence-electron chi connectivity index (χ1n) is 6.45. The van der Waals surface area contributed by atoms with E-state index in [0.29, 0.717) is 6.54 Å². The standard InChI is InChI=1S/C15H18N2O2/c1-13-7-4-5-8-14(13)15(17-12-19)9-3-2-6-10-16-11-18/h4-5,7-8,15H,2-3,6,9-10H2,1H3. The van der Waals surface area contributed by atoms with Crippen molar-refractivity contribution in [2.24, 2.45) is 9.98 Å². The lowest BCUT2D eigenvalue weighted by Crippen LogP contribution is -1.98. The van der Waals surface area contributed by atoms with E-state index in [9.17, 15) is 9.59 Å². The van der Waals surface area contributed by atoms with Crippen molar-refractivity contribution in [3.8, 4) is 0 Å². The van der Waals surface area contributed by atoms with Crippen molar-refractivity contribution in [2.45, 2.75) is 38.6 Å². The van der Waals surface area contributed by atoms with Crippen LogP contribution in [0.1, 0.15) is 42.9 Å². The first kappa shape index (κ1) is 15.0. The molecule has 0 saturated heterocycles. The molecule has 4 heteroatoms. The molecule has 4 nitrogen and oxygen atoms in total. The first-order chi connectivity index (χ1) is 9.29. The van der Waals surface area contributed by atoms with Crippen LogP contribution in [0.25, 0.3) is 0 Å². The molecule has 0 N–H and O–H groups in total. The van der Waals surface area contributed by atoms with Crippen LogP contribution < -0.4 is 0 Å². The summed E-state index contributed by atoms with van der Waals surface area (Å²) >= 11 is 0. The molecule has 19 heavy (non-hydrogen) atoms. The molecule has 1 unspecified atom stereocenters. The lowest BCUT2D eigenvalue weighted by atomic mass is 9.97. The predicted molar refractivity (Wildman–Crippen MR) is 73.5 cm³/mol. The smallest absolute Gasteiger partial charge is 0.211 e. The van der Waals surface area contributed by atoms with Crippen LogP contribution in [0.5, 0.6) is 0 Å². The van der Waals surface area contributed by atoms with Crippen LogP contribution in [0, 0.1) is 6.92 Å². The van der Waals surface area contributed by atoms with Gasteiger partial charge in [0.15, 0.2) is 0 Å². The molecule has 0 radical (unpaired) electrons. The second kappa shape index (κ2) is 8.98. The van der Waals surface area contributed by atoms with Gasteiger partial charge in [0.05, 0.1) is 12.6 Å². The van der Waals surface area contributed by atoms with Crippen LogP contribution in [0.15, 0.2) is 34.3 Å². The van der Waals surface area contributed by atoms with Gasteiger partial charge in [0.25, 0.3) is 0 Å². The van der Waals surface area contributed by atoms with Gasteiger partial charge < -0.3 is 0 Å². The molecule has 0 saturated carbocycles. The highest BCUT2D eigenvalue weighted by molar-refractivity contribution is 5.37. The molecule has 1 aromatic rings. The highest BCUT2D eigenvalue weighted by atomic mass is 16.1. The summed E-state index contributed by atoms with van der Waals surface area (Å²) in [5.74, 6) is 0. The van der Waals surface area contributed by atoms with Crippen LogP contribution in [0.3, 0.4) is 0 Å². The van der Waals surface area contributed by atoms with Crippen LogP contribution in [-0.2, 0) is 9.59 Å². The molecule has 1 atom stereocenters. The van der Waals surface area contributed by atoms with Crippen molar-refractivity contribution in [2.75, 3.05) is 6.54 Å². The number of unbranched alkanes of at least 4 members (excludes halogenated alkanes) is 2. The second-order valence-corrected chi connectivity index (χ2v) is 4.42. The fourth-order valence-corrected chi connectivity index (χ4v) is 2.06. The van der Waals surface area contributed by atoms with Crippen LogP contribution in [-0.4, -0.2) is 18.7 Å². The van der Waals surface area contributed by atoms with Crippen molar-refractivity contribution in [1.29, 1.82) is 0 Å². The topological polar surface area (TPSA) is 58.9 Å². The number of aliphatic imine (C=N–C) groups is 2. The number of rotatable bonds is 8. The van der Waals surface area contributed by atoms with Gasteiger partial charge in [-0.3, -0.25) is 0 Å². The highest BCUT2D eigenvalue weighted by Gasteiger charge is 2.11. The molecule has 1 aromatic carbocycles. The number of nitrogens with zero attached hydrogens (tertiary/aromatic N) is 2. The Morgan fingerprint density at radius 3 is 2.58 bits per heavy atom. The number of carbonyl (C=O) groups excluding carboxylic acids is 2. The van der Waals surface area contributed by atoms with Crippen molar-refractivity contribution in [1.82, 2.24) is 0 Å². The maximum atomic E-state index is 10.5. The number of benzene rings is 1. The number of isocyanates is 2. The number of hydrogen-bond acceptors (Lipinski definition) is 4.